The highest BCUT2D eigenvalue weighted by Crippen LogP contribution is 2.19. The van der Waals surface area contributed by atoms with Gasteiger partial charge in [-0.25, -0.2) is 0 Å². The van der Waals surface area contributed by atoms with Gasteiger partial charge in [0, 0.05) is 11.6 Å². The van der Waals surface area contributed by atoms with Gasteiger partial charge in [-0.2, -0.15) is 0 Å². The molecule has 0 atom stereocenters. The molecule has 0 fully saturated rings. The lowest BCUT2D eigenvalue weighted by molar-refractivity contribution is 0.104. The van der Waals surface area contributed by atoms with E-state index in [0.717, 1.165) is 23.6 Å². The van der Waals surface area contributed by atoms with E-state index in [2.05, 4.69) is 6.92 Å². The highest BCUT2D eigenvalue weighted by Gasteiger charge is 2.06. The third-order valence-corrected chi connectivity index (χ3v) is 2.99. The first-order chi connectivity index (χ1) is 9.33. The fourth-order valence-electron chi connectivity index (χ4n) is 1.94. The summed E-state index contributed by atoms with van der Waals surface area (Å²) in [4.78, 5) is 12.1. The molecule has 0 aliphatic rings. The molecule has 2 aromatic carbocycles. The number of hydrogen-bond donors (Lipinski definition) is 0. The van der Waals surface area contributed by atoms with Gasteiger partial charge in [0.05, 0.1) is 12.9 Å². The van der Waals surface area contributed by atoms with Gasteiger partial charge in [-0.3, -0.25) is 4.79 Å². The molecule has 0 aliphatic heterocycles. The molecule has 0 spiro atoms. The van der Waals surface area contributed by atoms with Crippen molar-refractivity contribution in [2.75, 3.05) is 6.61 Å². The van der Waals surface area contributed by atoms with Gasteiger partial charge < -0.3 is 4.74 Å². The van der Waals surface area contributed by atoms with Crippen molar-refractivity contribution in [2.24, 2.45) is 0 Å². The fraction of sp³-hybridized carbons (Fsp3) is 0.235. The number of benzene rings is 2. The Bertz CT molecular complexity index is 579. The van der Waals surface area contributed by atoms with Gasteiger partial charge in [-0.05, 0) is 17.2 Å². The molecule has 0 bridgehead atoms. The Balaban J connectivity index is 2.13. The lowest BCUT2D eigenvalue weighted by Gasteiger charge is -2.03. The van der Waals surface area contributed by atoms with Crippen LogP contribution in [0.4, 0.5) is 0 Å². The molecule has 0 amide bonds. The molecule has 0 heterocycles. The summed E-state index contributed by atoms with van der Waals surface area (Å²) in [5, 5.41) is 2.06. The highest BCUT2D eigenvalue weighted by atomic mass is 16.5. The molecule has 2 rings (SSSR count). The van der Waals surface area contributed by atoms with Crippen LogP contribution in [-0.2, 0) is 4.74 Å². The molecule has 0 N–H and O–H groups in total. The number of rotatable bonds is 6. The van der Waals surface area contributed by atoms with Gasteiger partial charge in [-0.1, -0.05) is 55.8 Å². The zero-order valence-electron chi connectivity index (χ0n) is 11.1. The molecule has 0 saturated carbocycles. The molecule has 2 heteroatoms. The number of ketones is 1. The number of unbranched alkanes of at least 4 members (excludes halogenated alkanes) is 1. The summed E-state index contributed by atoms with van der Waals surface area (Å²) in [6.07, 6.45) is 5.09. The minimum Gasteiger partial charge on any atom is -0.501 e. The zero-order chi connectivity index (χ0) is 13.5. The van der Waals surface area contributed by atoms with Crippen LogP contribution in [0.15, 0.2) is 54.8 Å². The maximum Gasteiger partial charge on any atom is 0.189 e. The predicted octanol–water partition coefficient (Wildman–Crippen LogP) is 4.35. The molecular weight excluding hydrogens is 236 g/mol. The molecule has 0 aromatic heterocycles. The third kappa shape index (κ3) is 3.44. The minimum absolute atomic E-state index is 0.0201. The van der Waals surface area contributed by atoms with E-state index in [1.807, 2.05) is 42.5 Å². The lowest BCUT2D eigenvalue weighted by atomic mass is 10.0. The van der Waals surface area contributed by atoms with E-state index >= 15 is 0 Å². The van der Waals surface area contributed by atoms with Gasteiger partial charge in [0.1, 0.15) is 0 Å². The standard InChI is InChI=1S/C17H18O2/c1-2-3-12-19-13-11-17(18)16-10-6-8-14-7-4-5-9-15(14)16/h4-11,13H,2-3,12H2,1H3/b13-11+. The van der Waals surface area contributed by atoms with E-state index in [0.29, 0.717) is 12.2 Å². The second-order valence-corrected chi connectivity index (χ2v) is 4.42. The third-order valence-electron chi connectivity index (χ3n) is 2.99. The summed E-state index contributed by atoms with van der Waals surface area (Å²) < 4.78 is 5.28. The van der Waals surface area contributed by atoms with Crippen LogP contribution in [0.1, 0.15) is 30.1 Å². The lowest BCUT2D eigenvalue weighted by Crippen LogP contribution is -1.96. The van der Waals surface area contributed by atoms with E-state index in [9.17, 15) is 4.79 Å². The van der Waals surface area contributed by atoms with Crippen molar-refractivity contribution in [2.45, 2.75) is 19.8 Å². The average molecular weight is 254 g/mol. The highest BCUT2D eigenvalue weighted by molar-refractivity contribution is 6.13. The smallest absolute Gasteiger partial charge is 0.189 e. The van der Waals surface area contributed by atoms with Crippen molar-refractivity contribution < 1.29 is 9.53 Å². The van der Waals surface area contributed by atoms with Crippen LogP contribution < -0.4 is 0 Å². The Kier molecular flexibility index (Phi) is 4.73. The Morgan fingerprint density at radius 3 is 2.79 bits per heavy atom. The molecule has 0 aliphatic carbocycles. The van der Waals surface area contributed by atoms with Gasteiger partial charge in [0.25, 0.3) is 0 Å². The van der Waals surface area contributed by atoms with Crippen LogP contribution in [0.2, 0.25) is 0 Å². The molecule has 0 saturated heterocycles. The first-order valence-corrected chi connectivity index (χ1v) is 6.63. The number of allylic oxidation sites excluding steroid dienone is 1. The second kappa shape index (κ2) is 6.74. The predicted molar refractivity (Wildman–Crippen MR) is 78.3 cm³/mol. The second-order valence-electron chi connectivity index (χ2n) is 4.42. The summed E-state index contributed by atoms with van der Waals surface area (Å²) in [7, 11) is 0. The zero-order valence-corrected chi connectivity index (χ0v) is 11.1. The molecule has 19 heavy (non-hydrogen) atoms. The topological polar surface area (TPSA) is 26.3 Å². The van der Waals surface area contributed by atoms with Gasteiger partial charge in [0.2, 0.25) is 0 Å². The summed E-state index contributed by atoms with van der Waals surface area (Å²) >= 11 is 0. The molecule has 0 unspecified atom stereocenters. The van der Waals surface area contributed by atoms with Crippen LogP contribution in [0.3, 0.4) is 0 Å². The van der Waals surface area contributed by atoms with Crippen molar-refractivity contribution in [1.29, 1.82) is 0 Å². The van der Waals surface area contributed by atoms with E-state index in [1.165, 1.54) is 12.3 Å². The molecular formula is C17H18O2. The minimum atomic E-state index is -0.0201. The number of fused-ring (bicyclic) bond motifs is 1. The Morgan fingerprint density at radius 1 is 1.16 bits per heavy atom. The van der Waals surface area contributed by atoms with E-state index in [1.54, 1.807) is 0 Å². The van der Waals surface area contributed by atoms with Crippen LogP contribution in [-0.4, -0.2) is 12.4 Å². The maximum absolute atomic E-state index is 12.1. The van der Waals surface area contributed by atoms with Crippen molar-refractivity contribution >= 4 is 16.6 Å². The van der Waals surface area contributed by atoms with Crippen LogP contribution >= 0.6 is 0 Å². The first kappa shape index (κ1) is 13.3. The summed E-state index contributed by atoms with van der Waals surface area (Å²) in [5.74, 6) is -0.0201. The van der Waals surface area contributed by atoms with E-state index in [-0.39, 0.29) is 5.78 Å². The average Bonchev–Trinajstić information content (AvgIpc) is 2.46. The van der Waals surface area contributed by atoms with E-state index < -0.39 is 0 Å². The number of ether oxygens (including phenoxy) is 1. The largest absolute Gasteiger partial charge is 0.501 e. The van der Waals surface area contributed by atoms with Crippen LogP contribution in [0.5, 0.6) is 0 Å². The van der Waals surface area contributed by atoms with Gasteiger partial charge >= 0.3 is 0 Å². The summed E-state index contributed by atoms with van der Waals surface area (Å²) in [6, 6.07) is 13.7. The quantitative estimate of drug-likeness (QED) is 0.331. The van der Waals surface area contributed by atoms with Crippen molar-refractivity contribution in [3.8, 4) is 0 Å². The van der Waals surface area contributed by atoms with Gasteiger partial charge in [0.15, 0.2) is 5.78 Å². The Morgan fingerprint density at radius 2 is 1.95 bits per heavy atom. The molecule has 98 valence electrons. The van der Waals surface area contributed by atoms with Crippen molar-refractivity contribution in [1.82, 2.24) is 0 Å². The Labute approximate surface area is 113 Å². The van der Waals surface area contributed by atoms with Crippen LogP contribution in [0.25, 0.3) is 10.8 Å². The van der Waals surface area contributed by atoms with E-state index in [4.69, 9.17) is 4.74 Å². The molecule has 2 nitrogen and oxygen atoms in total. The summed E-state index contributed by atoms with van der Waals surface area (Å²) in [5.41, 5.74) is 0.716. The number of carbonyl (C=O) groups excluding carboxylic acids is 1. The number of carbonyl (C=O) groups is 1. The van der Waals surface area contributed by atoms with Crippen molar-refractivity contribution in [3.63, 3.8) is 0 Å². The maximum atomic E-state index is 12.1. The Hall–Kier alpha value is -2.09. The van der Waals surface area contributed by atoms with Gasteiger partial charge in [-0.15, -0.1) is 0 Å². The molecule has 2 aromatic rings. The molecule has 0 radical (unpaired) electrons. The summed E-state index contributed by atoms with van der Waals surface area (Å²) in [6.45, 7) is 2.77. The fourth-order valence-corrected chi connectivity index (χ4v) is 1.94. The monoisotopic (exact) mass is 254 g/mol. The van der Waals surface area contributed by atoms with Crippen LogP contribution in [0, 0.1) is 0 Å². The van der Waals surface area contributed by atoms with Crippen molar-refractivity contribution in [3.05, 3.63) is 60.4 Å². The normalized spacial score (nSPS) is 11.0. The first-order valence-electron chi connectivity index (χ1n) is 6.63. The SMILES string of the molecule is CCCCO/C=C/C(=O)c1cccc2ccccc12. The number of hydrogen-bond acceptors (Lipinski definition) is 2.